The SMILES string of the molecule is CC(C(=O)NC(CN1CCOCC1)c1cccc(-c2ccccc2S(=O)(=O)N(C)C)c1)N1C(=O)COc2cc(Cl)c(Cl)cc21. The van der Waals surface area contributed by atoms with Crippen molar-refractivity contribution in [3.8, 4) is 16.9 Å². The van der Waals surface area contributed by atoms with E-state index in [1.54, 1.807) is 31.2 Å². The molecule has 0 aliphatic carbocycles. The van der Waals surface area contributed by atoms with E-state index in [0.29, 0.717) is 55.4 Å². The first-order valence-electron chi connectivity index (χ1n) is 14.1. The van der Waals surface area contributed by atoms with Crippen LogP contribution < -0.4 is 15.0 Å². The topological polar surface area (TPSA) is 108 Å². The number of halogens is 2. The number of hydrogen-bond donors (Lipinski definition) is 1. The summed E-state index contributed by atoms with van der Waals surface area (Å²) in [4.78, 5) is 30.6. The molecule has 234 valence electrons. The van der Waals surface area contributed by atoms with Crippen molar-refractivity contribution in [2.45, 2.75) is 23.9 Å². The lowest BCUT2D eigenvalue weighted by Crippen LogP contribution is -2.53. The summed E-state index contributed by atoms with van der Waals surface area (Å²) >= 11 is 12.4. The number of hydrogen-bond acceptors (Lipinski definition) is 7. The lowest BCUT2D eigenvalue weighted by atomic mass is 9.98. The van der Waals surface area contributed by atoms with Crippen molar-refractivity contribution in [2.24, 2.45) is 0 Å². The summed E-state index contributed by atoms with van der Waals surface area (Å²) in [5.74, 6) is -0.400. The van der Waals surface area contributed by atoms with Crippen molar-refractivity contribution in [3.63, 3.8) is 0 Å². The number of morpholine rings is 1. The average molecular weight is 662 g/mol. The van der Waals surface area contributed by atoms with Gasteiger partial charge < -0.3 is 14.8 Å². The van der Waals surface area contributed by atoms with E-state index in [4.69, 9.17) is 32.7 Å². The molecule has 0 spiro atoms. The second kappa shape index (κ2) is 13.4. The Morgan fingerprint density at radius 3 is 2.45 bits per heavy atom. The number of amides is 2. The monoisotopic (exact) mass is 660 g/mol. The molecule has 2 atom stereocenters. The summed E-state index contributed by atoms with van der Waals surface area (Å²) in [6, 6.07) is 16.0. The second-order valence-corrected chi connectivity index (χ2v) is 13.8. The van der Waals surface area contributed by atoms with E-state index in [-0.39, 0.29) is 33.4 Å². The van der Waals surface area contributed by atoms with Gasteiger partial charge in [-0.2, -0.15) is 0 Å². The highest BCUT2D eigenvalue weighted by Gasteiger charge is 2.35. The van der Waals surface area contributed by atoms with Gasteiger partial charge in [0.1, 0.15) is 11.8 Å². The number of carbonyl (C=O) groups is 2. The van der Waals surface area contributed by atoms with Gasteiger partial charge >= 0.3 is 0 Å². The summed E-state index contributed by atoms with van der Waals surface area (Å²) in [5.41, 5.74) is 2.40. The standard InChI is InChI=1S/C31H34Cl2N4O6S/c1-20(37-27-16-24(32)25(33)17-28(27)43-19-30(37)38)31(39)34-26(18-36-11-13-42-14-12-36)22-8-6-7-21(15-22)23-9-4-5-10-29(23)44(40,41)35(2)3/h4-10,15-17,20,26H,11-14,18-19H2,1-3H3,(H,34,39). The molecular weight excluding hydrogens is 627 g/mol. The van der Waals surface area contributed by atoms with Crippen LogP contribution in [0, 0.1) is 0 Å². The van der Waals surface area contributed by atoms with E-state index in [2.05, 4.69) is 10.2 Å². The van der Waals surface area contributed by atoms with Crippen molar-refractivity contribution in [2.75, 3.05) is 58.5 Å². The number of anilines is 1. The van der Waals surface area contributed by atoms with E-state index in [1.807, 2.05) is 24.3 Å². The van der Waals surface area contributed by atoms with Gasteiger partial charge in [0.15, 0.2) is 6.61 Å². The Kier molecular flexibility index (Phi) is 9.83. The largest absolute Gasteiger partial charge is 0.482 e. The van der Waals surface area contributed by atoms with Crippen LogP contribution in [0.5, 0.6) is 5.75 Å². The lowest BCUT2D eigenvalue weighted by Gasteiger charge is -2.35. The van der Waals surface area contributed by atoms with Gasteiger partial charge in [-0.05, 0) is 36.2 Å². The predicted octanol–water partition coefficient (Wildman–Crippen LogP) is 4.21. The van der Waals surface area contributed by atoms with Gasteiger partial charge in [0.05, 0.1) is 39.9 Å². The molecule has 2 heterocycles. The minimum Gasteiger partial charge on any atom is -0.482 e. The number of nitrogens with zero attached hydrogens (tertiary/aromatic N) is 3. The van der Waals surface area contributed by atoms with Crippen LogP contribution in [0.15, 0.2) is 65.6 Å². The van der Waals surface area contributed by atoms with Gasteiger partial charge in [0.2, 0.25) is 15.9 Å². The summed E-state index contributed by atoms with van der Waals surface area (Å²) in [6.45, 7) is 4.44. The zero-order chi connectivity index (χ0) is 31.6. The molecule has 2 aliphatic rings. The van der Waals surface area contributed by atoms with Crippen LogP contribution in [0.2, 0.25) is 10.0 Å². The van der Waals surface area contributed by atoms with E-state index in [9.17, 15) is 18.0 Å². The third-order valence-electron chi connectivity index (χ3n) is 7.75. The molecule has 0 radical (unpaired) electrons. The third kappa shape index (κ3) is 6.73. The average Bonchev–Trinajstić information content (AvgIpc) is 3.01. The first-order valence-corrected chi connectivity index (χ1v) is 16.3. The molecule has 2 unspecified atom stereocenters. The van der Waals surface area contributed by atoms with Crippen LogP contribution in [0.4, 0.5) is 5.69 Å². The van der Waals surface area contributed by atoms with E-state index in [1.165, 1.54) is 35.4 Å². The number of carbonyl (C=O) groups excluding carboxylic acids is 2. The van der Waals surface area contributed by atoms with Crippen molar-refractivity contribution in [3.05, 3.63) is 76.3 Å². The Hall–Kier alpha value is -3.19. The lowest BCUT2D eigenvalue weighted by molar-refractivity contribution is -0.128. The highest BCUT2D eigenvalue weighted by atomic mass is 35.5. The number of nitrogens with one attached hydrogen (secondary N) is 1. The molecule has 10 nitrogen and oxygen atoms in total. The normalized spacial score (nSPS) is 17.1. The molecule has 0 bridgehead atoms. The molecule has 2 aliphatic heterocycles. The first-order chi connectivity index (χ1) is 21.0. The molecule has 0 saturated carbocycles. The number of rotatable bonds is 9. The second-order valence-electron chi connectivity index (χ2n) is 10.8. The fourth-order valence-corrected chi connectivity index (χ4v) is 6.74. The molecule has 13 heteroatoms. The molecule has 2 amide bonds. The Morgan fingerprint density at radius 1 is 1.02 bits per heavy atom. The van der Waals surface area contributed by atoms with E-state index < -0.39 is 22.1 Å². The Morgan fingerprint density at radius 2 is 1.73 bits per heavy atom. The summed E-state index contributed by atoms with van der Waals surface area (Å²) in [7, 11) is -0.718. The van der Waals surface area contributed by atoms with Gasteiger partial charge in [-0.3, -0.25) is 19.4 Å². The van der Waals surface area contributed by atoms with E-state index >= 15 is 0 Å². The minimum atomic E-state index is -3.71. The van der Waals surface area contributed by atoms with Crippen molar-refractivity contribution in [1.29, 1.82) is 0 Å². The highest BCUT2D eigenvalue weighted by molar-refractivity contribution is 7.89. The molecule has 5 rings (SSSR count). The van der Waals surface area contributed by atoms with Gasteiger partial charge in [0.25, 0.3) is 5.91 Å². The van der Waals surface area contributed by atoms with Crippen molar-refractivity contribution < 1.29 is 27.5 Å². The Balaban J connectivity index is 1.48. The van der Waals surface area contributed by atoms with Gasteiger partial charge in [0, 0.05) is 45.4 Å². The zero-order valence-corrected chi connectivity index (χ0v) is 27.0. The van der Waals surface area contributed by atoms with Gasteiger partial charge in [-0.1, -0.05) is 59.6 Å². The predicted molar refractivity (Wildman–Crippen MR) is 170 cm³/mol. The fourth-order valence-electron chi connectivity index (χ4n) is 5.33. The Bertz CT molecular complexity index is 1660. The zero-order valence-electron chi connectivity index (χ0n) is 24.6. The molecule has 0 aromatic heterocycles. The summed E-state index contributed by atoms with van der Waals surface area (Å²) in [6.07, 6.45) is 0. The minimum absolute atomic E-state index is 0.188. The quantitative estimate of drug-likeness (QED) is 0.366. The smallest absolute Gasteiger partial charge is 0.265 e. The van der Waals surface area contributed by atoms with Gasteiger partial charge in [-0.25, -0.2) is 12.7 Å². The summed E-state index contributed by atoms with van der Waals surface area (Å²) < 4.78 is 38.5. The molecular formula is C31H34Cl2N4O6S. The molecule has 1 N–H and O–H groups in total. The van der Waals surface area contributed by atoms with Crippen LogP contribution in [-0.2, 0) is 24.3 Å². The van der Waals surface area contributed by atoms with Crippen LogP contribution >= 0.6 is 23.2 Å². The Labute approximate surface area is 267 Å². The molecule has 44 heavy (non-hydrogen) atoms. The maximum Gasteiger partial charge on any atom is 0.265 e. The number of sulfonamides is 1. The maximum absolute atomic E-state index is 13.9. The van der Waals surface area contributed by atoms with Crippen molar-refractivity contribution >= 4 is 50.7 Å². The first kappa shape index (κ1) is 32.2. The number of fused-ring (bicyclic) bond motifs is 1. The van der Waals surface area contributed by atoms with Crippen LogP contribution in [0.3, 0.4) is 0 Å². The number of benzene rings is 3. The molecule has 1 saturated heterocycles. The molecule has 3 aromatic rings. The maximum atomic E-state index is 13.9. The van der Waals surface area contributed by atoms with Crippen molar-refractivity contribution in [1.82, 2.24) is 14.5 Å². The van der Waals surface area contributed by atoms with Crippen LogP contribution in [0.25, 0.3) is 11.1 Å². The van der Waals surface area contributed by atoms with Crippen LogP contribution in [0.1, 0.15) is 18.5 Å². The third-order valence-corrected chi connectivity index (χ3v) is 10.4. The summed E-state index contributed by atoms with van der Waals surface area (Å²) in [5, 5.41) is 3.67. The van der Waals surface area contributed by atoms with Gasteiger partial charge in [-0.15, -0.1) is 0 Å². The van der Waals surface area contributed by atoms with E-state index in [0.717, 1.165) is 5.56 Å². The highest BCUT2D eigenvalue weighted by Crippen LogP contribution is 2.40. The van der Waals surface area contributed by atoms with Crippen LogP contribution in [-0.4, -0.2) is 89.0 Å². The molecule has 1 fully saturated rings. The number of ether oxygens (including phenoxy) is 2. The fraction of sp³-hybridized carbons (Fsp3) is 0.355. The molecule has 3 aromatic carbocycles.